The number of hydrogen-bond acceptors (Lipinski definition) is 3. The molecule has 3 aromatic rings. The summed E-state index contributed by atoms with van der Waals surface area (Å²) in [7, 11) is 0. The van der Waals surface area contributed by atoms with Crippen LogP contribution in [0.25, 0.3) is 10.8 Å². The van der Waals surface area contributed by atoms with Crippen LogP contribution in [0.3, 0.4) is 0 Å². The van der Waals surface area contributed by atoms with E-state index in [2.05, 4.69) is 26.4 Å². The van der Waals surface area contributed by atoms with Crippen molar-refractivity contribution in [2.75, 3.05) is 5.32 Å². The standard InChI is InChI=1S/C15H11BrN2O2/c1-9-8-14(20-18-9)15(19)17-13-7-6-12(16)10-4-2-3-5-11(10)13/h2-8H,1H3,(H,17,19). The molecule has 1 heterocycles. The van der Waals surface area contributed by atoms with Crippen molar-refractivity contribution in [1.82, 2.24) is 5.16 Å². The van der Waals surface area contributed by atoms with Gasteiger partial charge in [-0.1, -0.05) is 45.4 Å². The van der Waals surface area contributed by atoms with E-state index in [0.717, 1.165) is 20.9 Å². The second kappa shape index (κ2) is 5.09. The van der Waals surface area contributed by atoms with Crippen molar-refractivity contribution < 1.29 is 9.32 Å². The number of nitrogens with one attached hydrogen (secondary N) is 1. The number of hydrogen-bond donors (Lipinski definition) is 1. The summed E-state index contributed by atoms with van der Waals surface area (Å²) < 4.78 is 5.95. The molecule has 0 spiro atoms. The number of benzene rings is 2. The Kier molecular flexibility index (Phi) is 3.28. The first-order valence-electron chi connectivity index (χ1n) is 6.07. The highest BCUT2D eigenvalue weighted by molar-refractivity contribution is 9.10. The van der Waals surface area contributed by atoms with E-state index in [1.807, 2.05) is 36.4 Å². The predicted molar refractivity (Wildman–Crippen MR) is 80.8 cm³/mol. The molecule has 0 radical (unpaired) electrons. The molecule has 0 aliphatic rings. The Labute approximate surface area is 123 Å². The molecule has 4 nitrogen and oxygen atoms in total. The highest BCUT2D eigenvalue weighted by Crippen LogP contribution is 2.30. The molecule has 3 rings (SSSR count). The van der Waals surface area contributed by atoms with Gasteiger partial charge in [-0.15, -0.1) is 0 Å². The number of anilines is 1. The first kappa shape index (κ1) is 12.9. The van der Waals surface area contributed by atoms with Gasteiger partial charge in [0.2, 0.25) is 5.76 Å². The Hall–Kier alpha value is -2.14. The third-order valence-electron chi connectivity index (χ3n) is 2.97. The summed E-state index contributed by atoms with van der Waals surface area (Å²) in [6, 6.07) is 13.2. The summed E-state index contributed by atoms with van der Waals surface area (Å²) in [5.41, 5.74) is 1.42. The minimum Gasteiger partial charge on any atom is -0.351 e. The Bertz CT molecular complexity index is 795. The monoisotopic (exact) mass is 330 g/mol. The summed E-state index contributed by atoms with van der Waals surface area (Å²) in [6.45, 7) is 1.77. The predicted octanol–water partition coefficient (Wildman–Crippen LogP) is 4.15. The van der Waals surface area contributed by atoms with Gasteiger partial charge in [-0.25, -0.2) is 0 Å². The largest absolute Gasteiger partial charge is 0.351 e. The molecule has 2 aromatic carbocycles. The molecular formula is C15H11BrN2O2. The van der Waals surface area contributed by atoms with E-state index in [1.165, 1.54) is 0 Å². The summed E-state index contributed by atoms with van der Waals surface area (Å²) in [6.07, 6.45) is 0. The van der Waals surface area contributed by atoms with Gasteiger partial charge in [-0.05, 0) is 24.4 Å². The maximum Gasteiger partial charge on any atom is 0.294 e. The normalized spacial score (nSPS) is 10.7. The van der Waals surface area contributed by atoms with E-state index in [-0.39, 0.29) is 11.7 Å². The van der Waals surface area contributed by atoms with Gasteiger partial charge in [-0.3, -0.25) is 4.79 Å². The van der Waals surface area contributed by atoms with E-state index in [4.69, 9.17) is 4.52 Å². The number of fused-ring (bicyclic) bond motifs is 1. The number of aromatic nitrogens is 1. The Morgan fingerprint density at radius 2 is 1.95 bits per heavy atom. The van der Waals surface area contributed by atoms with Crippen molar-refractivity contribution in [1.29, 1.82) is 0 Å². The van der Waals surface area contributed by atoms with Crippen LogP contribution in [0.5, 0.6) is 0 Å². The van der Waals surface area contributed by atoms with E-state index < -0.39 is 0 Å². The lowest BCUT2D eigenvalue weighted by Crippen LogP contribution is -2.11. The van der Waals surface area contributed by atoms with Crippen LogP contribution >= 0.6 is 15.9 Å². The zero-order valence-corrected chi connectivity index (χ0v) is 12.3. The summed E-state index contributed by atoms with van der Waals surface area (Å²) >= 11 is 3.50. The van der Waals surface area contributed by atoms with E-state index in [0.29, 0.717) is 5.69 Å². The lowest BCUT2D eigenvalue weighted by atomic mass is 10.1. The van der Waals surface area contributed by atoms with Crippen LogP contribution in [0.4, 0.5) is 5.69 Å². The molecule has 1 amide bonds. The molecule has 100 valence electrons. The average molecular weight is 331 g/mol. The van der Waals surface area contributed by atoms with Gasteiger partial charge in [0, 0.05) is 21.6 Å². The van der Waals surface area contributed by atoms with Crippen LogP contribution in [-0.4, -0.2) is 11.1 Å². The fourth-order valence-corrected chi connectivity index (χ4v) is 2.50. The lowest BCUT2D eigenvalue weighted by molar-refractivity contribution is 0.0988. The smallest absolute Gasteiger partial charge is 0.294 e. The number of halogens is 1. The van der Waals surface area contributed by atoms with E-state index in [9.17, 15) is 4.79 Å². The minimum atomic E-state index is -0.307. The zero-order chi connectivity index (χ0) is 14.1. The van der Waals surface area contributed by atoms with Crippen LogP contribution in [0.1, 0.15) is 16.2 Å². The SMILES string of the molecule is Cc1cc(C(=O)Nc2ccc(Br)c3ccccc23)on1. The molecule has 0 saturated carbocycles. The van der Waals surface area contributed by atoms with Crippen molar-refractivity contribution in [3.8, 4) is 0 Å². The molecule has 0 fully saturated rings. The number of rotatable bonds is 2. The third-order valence-corrected chi connectivity index (χ3v) is 3.66. The van der Waals surface area contributed by atoms with Gasteiger partial charge in [0.25, 0.3) is 5.91 Å². The average Bonchev–Trinajstić information content (AvgIpc) is 2.89. The molecule has 20 heavy (non-hydrogen) atoms. The van der Waals surface area contributed by atoms with Gasteiger partial charge in [0.15, 0.2) is 0 Å². The molecule has 0 unspecified atom stereocenters. The van der Waals surface area contributed by atoms with Crippen molar-refractivity contribution in [2.45, 2.75) is 6.92 Å². The minimum absolute atomic E-state index is 0.203. The van der Waals surface area contributed by atoms with Crippen molar-refractivity contribution in [3.63, 3.8) is 0 Å². The highest BCUT2D eigenvalue weighted by atomic mass is 79.9. The quantitative estimate of drug-likeness (QED) is 0.767. The van der Waals surface area contributed by atoms with Gasteiger partial charge >= 0.3 is 0 Å². The van der Waals surface area contributed by atoms with Crippen LogP contribution in [0, 0.1) is 6.92 Å². The summed E-state index contributed by atoms with van der Waals surface area (Å²) in [5.74, 6) is -0.104. The Morgan fingerprint density at radius 1 is 1.20 bits per heavy atom. The molecule has 0 bridgehead atoms. The van der Waals surface area contributed by atoms with Crippen LogP contribution in [0.2, 0.25) is 0 Å². The number of nitrogens with zero attached hydrogens (tertiary/aromatic N) is 1. The molecule has 0 aliphatic heterocycles. The van der Waals surface area contributed by atoms with Gasteiger partial charge in [-0.2, -0.15) is 0 Å². The van der Waals surface area contributed by atoms with Crippen molar-refractivity contribution >= 4 is 38.3 Å². The highest BCUT2D eigenvalue weighted by Gasteiger charge is 2.13. The molecule has 0 saturated heterocycles. The van der Waals surface area contributed by atoms with Crippen LogP contribution < -0.4 is 5.32 Å². The Balaban J connectivity index is 1.99. The van der Waals surface area contributed by atoms with Crippen molar-refractivity contribution in [3.05, 3.63) is 58.4 Å². The van der Waals surface area contributed by atoms with Crippen LogP contribution in [0.15, 0.2) is 51.5 Å². The second-order valence-corrected chi connectivity index (χ2v) is 5.28. The summed E-state index contributed by atoms with van der Waals surface area (Å²) in [4.78, 5) is 12.1. The zero-order valence-electron chi connectivity index (χ0n) is 10.7. The fourth-order valence-electron chi connectivity index (χ4n) is 2.03. The van der Waals surface area contributed by atoms with E-state index in [1.54, 1.807) is 13.0 Å². The first-order valence-corrected chi connectivity index (χ1v) is 6.86. The lowest BCUT2D eigenvalue weighted by Gasteiger charge is -2.08. The molecule has 0 atom stereocenters. The van der Waals surface area contributed by atoms with E-state index >= 15 is 0 Å². The van der Waals surface area contributed by atoms with Crippen LogP contribution in [-0.2, 0) is 0 Å². The number of amides is 1. The fraction of sp³-hybridized carbons (Fsp3) is 0.0667. The first-order chi connectivity index (χ1) is 9.65. The molecule has 1 N–H and O–H groups in total. The molecule has 5 heteroatoms. The van der Waals surface area contributed by atoms with Gasteiger partial charge < -0.3 is 9.84 Å². The molecule has 0 aliphatic carbocycles. The maximum absolute atomic E-state index is 12.1. The molecular weight excluding hydrogens is 320 g/mol. The third kappa shape index (κ3) is 2.32. The molecule has 1 aromatic heterocycles. The number of aryl methyl sites for hydroxylation is 1. The van der Waals surface area contributed by atoms with Crippen molar-refractivity contribution in [2.24, 2.45) is 0 Å². The number of carbonyl (C=O) groups excluding carboxylic acids is 1. The van der Waals surface area contributed by atoms with Gasteiger partial charge in [0.1, 0.15) is 0 Å². The topological polar surface area (TPSA) is 55.1 Å². The summed E-state index contributed by atoms with van der Waals surface area (Å²) in [5, 5.41) is 8.57. The number of carbonyl (C=O) groups is 1. The maximum atomic E-state index is 12.1. The second-order valence-electron chi connectivity index (χ2n) is 4.43. The van der Waals surface area contributed by atoms with Gasteiger partial charge in [0.05, 0.1) is 5.69 Å². The Morgan fingerprint density at radius 3 is 2.65 bits per heavy atom.